The first kappa shape index (κ1) is 8.77. The van der Waals surface area contributed by atoms with Crippen LogP contribution in [-0.4, -0.2) is 15.0 Å². The minimum absolute atomic E-state index is 0.861. The van der Waals surface area contributed by atoms with E-state index >= 15 is 0 Å². The number of nitrogens with one attached hydrogen (secondary N) is 1. The smallest absolute Gasteiger partial charge is 0.150 e. The highest BCUT2D eigenvalue weighted by molar-refractivity contribution is 8.00. The second-order valence-corrected chi connectivity index (χ2v) is 4.66. The number of aromatic nitrogens is 3. The van der Waals surface area contributed by atoms with Gasteiger partial charge in [-0.15, -0.1) is 11.3 Å². The zero-order valence-electron chi connectivity index (χ0n) is 7.15. The van der Waals surface area contributed by atoms with Crippen molar-refractivity contribution in [3.05, 3.63) is 29.3 Å². The average Bonchev–Trinajstić information content (AvgIpc) is 2.71. The maximum absolute atomic E-state index is 4.35. The molecule has 68 valence electrons. The van der Waals surface area contributed by atoms with Gasteiger partial charge in [0.15, 0.2) is 4.34 Å². The number of aromatic amines is 1. The number of thiazole rings is 1. The van der Waals surface area contributed by atoms with E-state index in [4.69, 9.17) is 0 Å². The van der Waals surface area contributed by atoms with E-state index in [2.05, 4.69) is 20.3 Å². The second kappa shape index (κ2) is 3.93. The Bertz CT molecular complexity index is 366. The predicted octanol–water partition coefficient (Wildman–Crippen LogP) is 2.47. The first-order chi connectivity index (χ1) is 6.34. The molecule has 2 aromatic heterocycles. The molecule has 0 aliphatic carbocycles. The average molecular weight is 211 g/mol. The van der Waals surface area contributed by atoms with E-state index in [1.165, 1.54) is 0 Å². The van der Waals surface area contributed by atoms with Gasteiger partial charge in [-0.2, -0.15) is 0 Å². The molecule has 3 nitrogen and oxygen atoms in total. The molecule has 0 aliphatic heterocycles. The van der Waals surface area contributed by atoms with Crippen LogP contribution in [0.25, 0.3) is 0 Å². The zero-order valence-corrected chi connectivity index (χ0v) is 8.78. The summed E-state index contributed by atoms with van der Waals surface area (Å²) in [5.74, 6) is 1.86. The molecule has 2 heterocycles. The Hall–Kier alpha value is -0.810. The molecule has 0 spiro atoms. The fourth-order valence-corrected chi connectivity index (χ4v) is 2.65. The number of thioether (sulfide) groups is 1. The minimum atomic E-state index is 0.861. The second-order valence-electron chi connectivity index (χ2n) is 2.58. The van der Waals surface area contributed by atoms with Crippen LogP contribution in [0.1, 0.15) is 11.5 Å². The van der Waals surface area contributed by atoms with Crippen molar-refractivity contribution in [2.45, 2.75) is 17.0 Å². The van der Waals surface area contributed by atoms with E-state index in [0.29, 0.717) is 0 Å². The van der Waals surface area contributed by atoms with Gasteiger partial charge in [0.2, 0.25) is 0 Å². The third-order valence-electron chi connectivity index (χ3n) is 1.49. The van der Waals surface area contributed by atoms with Gasteiger partial charge in [0.05, 0.1) is 5.75 Å². The molecule has 0 unspecified atom stereocenters. The Balaban J connectivity index is 1.93. The number of rotatable bonds is 3. The molecule has 0 radical (unpaired) electrons. The SMILES string of the molecule is Cc1csc(SCc2ncc[nH]2)n1. The van der Waals surface area contributed by atoms with E-state index in [9.17, 15) is 0 Å². The Morgan fingerprint density at radius 1 is 1.62 bits per heavy atom. The van der Waals surface area contributed by atoms with Gasteiger partial charge in [0.25, 0.3) is 0 Å². The largest absolute Gasteiger partial charge is 0.348 e. The molecular formula is C8H9N3S2. The number of nitrogens with zero attached hydrogens (tertiary/aromatic N) is 2. The number of H-pyrrole nitrogens is 1. The molecule has 0 saturated heterocycles. The minimum Gasteiger partial charge on any atom is -0.348 e. The molecular weight excluding hydrogens is 202 g/mol. The van der Waals surface area contributed by atoms with Crippen LogP contribution in [0.5, 0.6) is 0 Å². The van der Waals surface area contributed by atoms with Crippen molar-refractivity contribution in [1.82, 2.24) is 15.0 Å². The lowest BCUT2D eigenvalue weighted by molar-refractivity contribution is 1.11. The Morgan fingerprint density at radius 3 is 3.15 bits per heavy atom. The van der Waals surface area contributed by atoms with Crippen LogP contribution in [0.4, 0.5) is 0 Å². The molecule has 1 N–H and O–H groups in total. The molecule has 0 aromatic carbocycles. The molecule has 13 heavy (non-hydrogen) atoms. The lowest BCUT2D eigenvalue weighted by Crippen LogP contribution is -1.82. The Morgan fingerprint density at radius 2 is 2.54 bits per heavy atom. The summed E-state index contributed by atoms with van der Waals surface area (Å²) in [5.41, 5.74) is 1.09. The van der Waals surface area contributed by atoms with Crippen molar-refractivity contribution in [2.75, 3.05) is 0 Å². The number of hydrogen-bond donors (Lipinski definition) is 1. The highest BCUT2D eigenvalue weighted by Crippen LogP contribution is 2.24. The highest BCUT2D eigenvalue weighted by atomic mass is 32.2. The van der Waals surface area contributed by atoms with Gasteiger partial charge >= 0.3 is 0 Å². The van der Waals surface area contributed by atoms with Crippen LogP contribution in [-0.2, 0) is 5.75 Å². The van der Waals surface area contributed by atoms with Gasteiger partial charge in [-0.25, -0.2) is 9.97 Å². The van der Waals surface area contributed by atoms with Gasteiger partial charge in [-0.3, -0.25) is 0 Å². The van der Waals surface area contributed by atoms with Crippen molar-refractivity contribution < 1.29 is 0 Å². The summed E-state index contributed by atoms with van der Waals surface area (Å²) in [6.07, 6.45) is 3.60. The fourth-order valence-electron chi connectivity index (χ4n) is 0.906. The van der Waals surface area contributed by atoms with Gasteiger partial charge < -0.3 is 4.98 Å². The van der Waals surface area contributed by atoms with Crippen LogP contribution in [0.15, 0.2) is 22.1 Å². The van der Waals surface area contributed by atoms with Crippen LogP contribution < -0.4 is 0 Å². The van der Waals surface area contributed by atoms with Crippen molar-refractivity contribution in [2.24, 2.45) is 0 Å². The summed E-state index contributed by atoms with van der Waals surface area (Å²) in [5, 5.41) is 2.06. The molecule has 2 rings (SSSR count). The van der Waals surface area contributed by atoms with Crippen LogP contribution in [0.3, 0.4) is 0 Å². The van der Waals surface area contributed by atoms with Gasteiger partial charge in [-0.05, 0) is 6.92 Å². The quantitative estimate of drug-likeness (QED) is 0.793. The van der Waals surface area contributed by atoms with E-state index < -0.39 is 0 Å². The molecule has 0 bridgehead atoms. The molecule has 2 aromatic rings. The van der Waals surface area contributed by atoms with Gasteiger partial charge in [0.1, 0.15) is 5.82 Å². The molecule has 0 fully saturated rings. The topological polar surface area (TPSA) is 41.6 Å². The number of hydrogen-bond acceptors (Lipinski definition) is 4. The van der Waals surface area contributed by atoms with E-state index in [1.807, 2.05) is 13.1 Å². The van der Waals surface area contributed by atoms with Crippen LogP contribution in [0.2, 0.25) is 0 Å². The van der Waals surface area contributed by atoms with Crippen molar-refractivity contribution in [1.29, 1.82) is 0 Å². The number of imidazole rings is 1. The summed E-state index contributed by atoms with van der Waals surface area (Å²) >= 11 is 3.39. The molecule has 5 heteroatoms. The predicted molar refractivity (Wildman–Crippen MR) is 55.0 cm³/mol. The highest BCUT2D eigenvalue weighted by Gasteiger charge is 2.00. The lowest BCUT2D eigenvalue weighted by Gasteiger charge is -1.92. The van der Waals surface area contributed by atoms with Crippen molar-refractivity contribution in [3.8, 4) is 0 Å². The number of aryl methyl sites for hydroxylation is 1. The van der Waals surface area contributed by atoms with Crippen molar-refractivity contribution in [3.63, 3.8) is 0 Å². The van der Waals surface area contributed by atoms with Gasteiger partial charge in [0, 0.05) is 23.5 Å². The van der Waals surface area contributed by atoms with Crippen LogP contribution in [0, 0.1) is 6.92 Å². The maximum atomic E-state index is 4.35. The first-order valence-corrected chi connectivity index (χ1v) is 5.74. The fraction of sp³-hybridized carbons (Fsp3) is 0.250. The van der Waals surface area contributed by atoms with E-state index in [1.54, 1.807) is 29.3 Å². The molecule has 0 amide bonds. The van der Waals surface area contributed by atoms with E-state index in [0.717, 1.165) is 21.6 Å². The summed E-state index contributed by atoms with van der Waals surface area (Å²) in [7, 11) is 0. The van der Waals surface area contributed by atoms with Crippen LogP contribution >= 0.6 is 23.1 Å². The summed E-state index contributed by atoms with van der Waals surface area (Å²) in [6.45, 7) is 2.01. The van der Waals surface area contributed by atoms with E-state index in [-0.39, 0.29) is 0 Å². The van der Waals surface area contributed by atoms with Crippen molar-refractivity contribution >= 4 is 23.1 Å². The summed E-state index contributed by atoms with van der Waals surface area (Å²) < 4.78 is 1.11. The summed E-state index contributed by atoms with van der Waals surface area (Å²) in [4.78, 5) is 11.5. The van der Waals surface area contributed by atoms with Gasteiger partial charge in [-0.1, -0.05) is 11.8 Å². The maximum Gasteiger partial charge on any atom is 0.150 e. The summed E-state index contributed by atoms with van der Waals surface area (Å²) in [6, 6.07) is 0. The Kier molecular flexibility index (Phi) is 2.65. The first-order valence-electron chi connectivity index (χ1n) is 3.88. The normalized spacial score (nSPS) is 10.5. The molecule has 0 saturated carbocycles. The molecule has 0 aliphatic rings. The monoisotopic (exact) mass is 211 g/mol. The standard InChI is InChI=1S/C8H9N3S2/c1-6-4-12-8(11-6)13-5-7-9-2-3-10-7/h2-4H,5H2,1H3,(H,9,10). The third-order valence-corrected chi connectivity index (χ3v) is 3.64. The molecule has 0 atom stereocenters. The Labute approximate surface area is 84.6 Å². The third kappa shape index (κ3) is 2.32. The zero-order chi connectivity index (χ0) is 9.10. The lowest BCUT2D eigenvalue weighted by atomic mass is 10.6.